The quantitative estimate of drug-likeness (QED) is 0.500. The van der Waals surface area contributed by atoms with Crippen LogP contribution in [0, 0.1) is 0 Å². The first-order chi connectivity index (χ1) is 14.6. The molecule has 1 N–H and O–H groups in total. The van der Waals surface area contributed by atoms with E-state index in [-0.39, 0.29) is 12.2 Å². The maximum Gasteiger partial charge on any atom is 0.335 e. The van der Waals surface area contributed by atoms with E-state index in [1.54, 1.807) is 37.6 Å². The van der Waals surface area contributed by atoms with Gasteiger partial charge in [0.25, 0.3) is 0 Å². The number of para-hydroxylation sites is 3. The molecule has 0 aromatic heterocycles. The van der Waals surface area contributed by atoms with Gasteiger partial charge in [-0.05, 0) is 48.9 Å². The monoisotopic (exact) mass is 405 g/mol. The molecule has 3 rings (SSSR count). The van der Waals surface area contributed by atoms with Crippen LogP contribution in [0.25, 0.3) is 0 Å². The Balaban J connectivity index is 1.83. The van der Waals surface area contributed by atoms with Crippen LogP contribution in [0.1, 0.15) is 28.4 Å². The summed E-state index contributed by atoms with van der Waals surface area (Å²) in [4.78, 5) is 15.6. The molecule has 0 radical (unpaired) electrons. The minimum atomic E-state index is -0.960. The number of rotatable bonds is 9. The van der Waals surface area contributed by atoms with E-state index in [1.807, 2.05) is 49.4 Å². The highest BCUT2D eigenvalue weighted by Gasteiger charge is 2.11. The van der Waals surface area contributed by atoms with E-state index in [0.29, 0.717) is 23.9 Å². The predicted molar refractivity (Wildman–Crippen MR) is 116 cm³/mol. The van der Waals surface area contributed by atoms with Gasteiger partial charge in [-0.2, -0.15) is 0 Å². The molecule has 0 atom stereocenters. The van der Waals surface area contributed by atoms with Crippen LogP contribution in [0.5, 0.6) is 17.2 Å². The van der Waals surface area contributed by atoms with Crippen LogP contribution < -0.4 is 14.2 Å². The number of hydrogen-bond donors (Lipinski definition) is 1. The van der Waals surface area contributed by atoms with Crippen LogP contribution in [0.4, 0.5) is 5.69 Å². The standard InChI is InChI=1S/C24H23NO5/c1-3-29-21-9-5-4-8-20(21)25-15-19-7-6-10-22(28-2)23(19)30-16-17-11-13-18(14-12-17)24(26)27/h4-15H,3,16H2,1-2H3,(H,26,27). The van der Waals surface area contributed by atoms with Gasteiger partial charge in [-0.1, -0.05) is 30.3 Å². The second-order valence-electron chi connectivity index (χ2n) is 6.33. The van der Waals surface area contributed by atoms with Crippen molar-refractivity contribution >= 4 is 17.9 Å². The van der Waals surface area contributed by atoms with Crippen LogP contribution in [0.3, 0.4) is 0 Å². The first-order valence-corrected chi connectivity index (χ1v) is 9.50. The van der Waals surface area contributed by atoms with Crippen molar-refractivity contribution in [3.05, 3.63) is 83.4 Å². The smallest absolute Gasteiger partial charge is 0.335 e. The van der Waals surface area contributed by atoms with Gasteiger partial charge in [0.1, 0.15) is 18.0 Å². The third-order valence-corrected chi connectivity index (χ3v) is 4.32. The molecule has 0 unspecified atom stereocenters. The molecular weight excluding hydrogens is 382 g/mol. The number of benzene rings is 3. The number of aliphatic imine (C=N–C) groups is 1. The van der Waals surface area contributed by atoms with E-state index >= 15 is 0 Å². The van der Waals surface area contributed by atoms with Gasteiger partial charge >= 0.3 is 5.97 Å². The van der Waals surface area contributed by atoms with E-state index in [0.717, 1.165) is 16.8 Å². The molecule has 0 aliphatic heterocycles. The third kappa shape index (κ3) is 5.17. The first kappa shape index (κ1) is 20.9. The topological polar surface area (TPSA) is 77.3 Å². The summed E-state index contributed by atoms with van der Waals surface area (Å²) in [7, 11) is 1.58. The van der Waals surface area contributed by atoms with E-state index in [1.165, 1.54) is 0 Å². The van der Waals surface area contributed by atoms with Crippen LogP contribution in [0.15, 0.2) is 71.7 Å². The van der Waals surface area contributed by atoms with Gasteiger partial charge in [0.15, 0.2) is 11.5 Å². The minimum absolute atomic E-state index is 0.233. The average Bonchev–Trinajstić information content (AvgIpc) is 2.77. The van der Waals surface area contributed by atoms with Gasteiger partial charge in [0.05, 0.1) is 19.3 Å². The number of carboxylic acid groups (broad SMARTS) is 1. The van der Waals surface area contributed by atoms with Gasteiger partial charge in [0, 0.05) is 11.8 Å². The first-order valence-electron chi connectivity index (χ1n) is 9.50. The summed E-state index contributed by atoms with van der Waals surface area (Å²) in [6, 6.07) is 19.7. The second kappa shape index (κ2) is 10.1. The molecule has 6 heteroatoms. The number of carbonyl (C=O) groups is 1. The van der Waals surface area contributed by atoms with E-state index in [2.05, 4.69) is 4.99 Å². The molecule has 0 saturated carbocycles. The molecular formula is C24H23NO5. The Hall–Kier alpha value is -3.80. The fraction of sp³-hybridized carbons (Fsp3) is 0.167. The summed E-state index contributed by atoms with van der Waals surface area (Å²) in [5, 5.41) is 9.02. The Morgan fingerprint density at radius 3 is 2.40 bits per heavy atom. The largest absolute Gasteiger partial charge is 0.493 e. The van der Waals surface area contributed by atoms with Crippen molar-refractivity contribution in [2.45, 2.75) is 13.5 Å². The number of nitrogens with zero attached hydrogens (tertiary/aromatic N) is 1. The summed E-state index contributed by atoms with van der Waals surface area (Å²) >= 11 is 0. The average molecular weight is 405 g/mol. The molecule has 0 aliphatic carbocycles. The van der Waals surface area contributed by atoms with Gasteiger partial charge < -0.3 is 19.3 Å². The summed E-state index contributed by atoms with van der Waals surface area (Å²) in [5.41, 5.74) is 2.55. The highest BCUT2D eigenvalue weighted by atomic mass is 16.5. The molecule has 30 heavy (non-hydrogen) atoms. The Morgan fingerprint density at radius 2 is 1.70 bits per heavy atom. The van der Waals surface area contributed by atoms with Crippen LogP contribution in [0.2, 0.25) is 0 Å². The number of hydrogen-bond acceptors (Lipinski definition) is 5. The third-order valence-electron chi connectivity index (χ3n) is 4.32. The van der Waals surface area contributed by atoms with E-state index < -0.39 is 5.97 Å². The molecule has 0 heterocycles. The fourth-order valence-corrected chi connectivity index (χ4v) is 2.83. The Labute approximate surface area is 175 Å². The maximum atomic E-state index is 11.0. The molecule has 0 fully saturated rings. The van der Waals surface area contributed by atoms with Crippen molar-refractivity contribution in [3.8, 4) is 17.2 Å². The molecule has 0 amide bonds. The Morgan fingerprint density at radius 1 is 0.967 bits per heavy atom. The SMILES string of the molecule is CCOc1ccccc1N=Cc1cccc(OC)c1OCc1ccc(C(=O)O)cc1. The zero-order chi connectivity index (χ0) is 21.3. The van der Waals surface area contributed by atoms with Gasteiger partial charge in [-0.25, -0.2) is 4.79 Å². The summed E-state index contributed by atoms with van der Waals surface area (Å²) in [5.74, 6) is 0.886. The lowest BCUT2D eigenvalue weighted by Gasteiger charge is -2.13. The Bertz CT molecular complexity index is 1030. The van der Waals surface area contributed by atoms with E-state index in [9.17, 15) is 4.79 Å². The number of ether oxygens (including phenoxy) is 3. The van der Waals surface area contributed by atoms with Crippen molar-refractivity contribution in [2.75, 3.05) is 13.7 Å². The van der Waals surface area contributed by atoms with Crippen molar-refractivity contribution < 1.29 is 24.1 Å². The number of carboxylic acids is 1. The van der Waals surface area contributed by atoms with Gasteiger partial charge in [0.2, 0.25) is 0 Å². The van der Waals surface area contributed by atoms with E-state index in [4.69, 9.17) is 19.3 Å². The molecule has 0 aliphatic rings. The zero-order valence-corrected chi connectivity index (χ0v) is 16.9. The van der Waals surface area contributed by atoms with Crippen molar-refractivity contribution in [1.82, 2.24) is 0 Å². The highest BCUT2D eigenvalue weighted by molar-refractivity contribution is 5.88. The molecule has 154 valence electrons. The fourth-order valence-electron chi connectivity index (χ4n) is 2.83. The molecule has 0 saturated heterocycles. The van der Waals surface area contributed by atoms with Gasteiger partial charge in [-0.3, -0.25) is 4.99 Å². The second-order valence-corrected chi connectivity index (χ2v) is 6.33. The molecule has 0 bridgehead atoms. The maximum absolute atomic E-state index is 11.0. The lowest BCUT2D eigenvalue weighted by atomic mass is 10.1. The van der Waals surface area contributed by atoms with Crippen LogP contribution in [-0.2, 0) is 6.61 Å². The summed E-state index contributed by atoms with van der Waals surface area (Å²) < 4.78 is 17.1. The zero-order valence-electron chi connectivity index (χ0n) is 16.9. The summed E-state index contributed by atoms with van der Waals surface area (Å²) in [6.07, 6.45) is 1.71. The highest BCUT2D eigenvalue weighted by Crippen LogP contribution is 2.32. The lowest BCUT2D eigenvalue weighted by molar-refractivity contribution is 0.0697. The number of methoxy groups -OCH3 is 1. The van der Waals surface area contributed by atoms with Crippen molar-refractivity contribution in [2.24, 2.45) is 4.99 Å². The van der Waals surface area contributed by atoms with Crippen molar-refractivity contribution in [3.63, 3.8) is 0 Å². The molecule has 3 aromatic carbocycles. The predicted octanol–water partition coefficient (Wildman–Crippen LogP) is 5.12. The number of aromatic carboxylic acids is 1. The van der Waals surface area contributed by atoms with Crippen LogP contribution in [-0.4, -0.2) is 31.0 Å². The summed E-state index contributed by atoms with van der Waals surface area (Å²) in [6.45, 7) is 2.74. The molecule has 3 aromatic rings. The van der Waals surface area contributed by atoms with Gasteiger partial charge in [-0.15, -0.1) is 0 Å². The molecule has 6 nitrogen and oxygen atoms in total. The normalized spacial score (nSPS) is 10.7. The lowest BCUT2D eigenvalue weighted by Crippen LogP contribution is -2.02. The van der Waals surface area contributed by atoms with Crippen LogP contribution >= 0.6 is 0 Å². The Kier molecular flexibility index (Phi) is 7.05. The minimum Gasteiger partial charge on any atom is -0.493 e. The molecule has 0 spiro atoms. The van der Waals surface area contributed by atoms with Crippen molar-refractivity contribution in [1.29, 1.82) is 0 Å².